The van der Waals surface area contributed by atoms with E-state index in [0.29, 0.717) is 21.2 Å². The number of carbonyl (C=O) groups excluding carboxylic acids is 2. The molecule has 1 fully saturated rings. The highest BCUT2D eigenvalue weighted by atomic mass is 79.9. The molecule has 1 aliphatic rings. The number of carbonyl (C=O) groups is 2. The van der Waals surface area contributed by atoms with E-state index < -0.39 is 5.91 Å². The molecule has 132 valence electrons. The van der Waals surface area contributed by atoms with Crippen LogP contribution in [-0.2, 0) is 4.79 Å². The maximum absolute atomic E-state index is 12.2. The Bertz CT molecular complexity index is 942. The number of methoxy groups -OCH3 is 1. The van der Waals surface area contributed by atoms with Gasteiger partial charge in [0.2, 0.25) is 0 Å². The van der Waals surface area contributed by atoms with Gasteiger partial charge in [-0.25, -0.2) is 0 Å². The van der Waals surface area contributed by atoms with Crippen LogP contribution in [0, 0.1) is 0 Å². The van der Waals surface area contributed by atoms with E-state index in [1.54, 1.807) is 43.5 Å². The molecule has 3 rings (SSSR count). The zero-order valence-corrected chi connectivity index (χ0v) is 16.6. The molecule has 0 spiro atoms. The van der Waals surface area contributed by atoms with E-state index >= 15 is 0 Å². The molecule has 0 aliphatic carbocycles. The van der Waals surface area contributed by atoms with Gasteiger partial charge >= 0.3 is 0 Å². The van der Waals surface area contributed by atoms with Crippen LogP contribution < -0.4 is 10.1 Å². The summed E-state index contributed by atoms with van der Waals surface area (Å²) in [6, 6.07) is 11.9. The van der Waals surface area contributed by atoms with E-state index in [9.17, 15) is 9.59 Å². The van der Waals surface area contributed by atoms with Crippen molar-refractivity contribution in [2.45, 2.75) is 0 Å². The molecule has 0 radical (unpaired) electrons. The van der Waals surface area contributed by atoms with Crippen molar-refractivity contribution in [2.24, 2.45) is 4.99 Å². The summed E-state index contributed by atoms with van der Waals surface area (Å²) >= 11 is 10.3. The Kier molecular flexibility index (Phi) is 5.80. The fourth-order valence-electron chi connectivity index (χ4n) is 2.15. The summed E-state index contributed by atoms with van der Waals surface area (Å²) in [4.78, 5) is 28.7. The first-order chi connectivity index (χ1) is 12.5. The first-order valence-corrected chi connectivity index (χ1v) is 9.38. The SMILES string of the molecule is COc1ccc(/C=C2\SC(=NC(=O)c3ccc(Cl)cc3)NC2=O)cc1Br. The molecule has 0 saturated carbocycles. The molecule has 0 aromatic heterocycles. The van der Waals surface area contributed by atoms with E-state index in [-0.39, 0.29) is 11.1 Å². The van der Waals surface area contributed by atoms with Gasteiger partial charge in [0.15, 0.2) is 5.17 Å². The lowest BCUT2D eigenvalue weighted by Gasteiger charge is -2.03. The van der Waals surface area contributed by atoms with Gasteiger partial charge in [0.05, 0.1) is 16.5 Å². The average Bonchev–Trinajstić information content (AvgIpc) is 2.94. The lowest BCUT2D eigenvalue weighted by Crippen LogP contribution is -2.20. The summed E-state index contributed by atoms with van der Waals surface area (Å²) in [6.45, 7) is 0. The summed E-state index contributed by atoms with van der Waals surface area (Å²) in [6.07, 6.45) is 1.72. The molecule has 8 heteroatoms. The van der Waals surface area contributed by atoms with Crippen molar-refractivity contribution in [3.05, 3.63) is 68.0 Å². The minimum atomic E-state index is -0.446. The van der Waals surface area contributed by atoms with Crippen molar-refractivity contribution in [2.75, 3.05) is 7.11 Å². The van der Waals surface area contributed by atoms with E-state index in [1.165, 1.54) is 0 Å². The molecule has 5 nitrogen and oxygen atoms in total. The zero-order chi connectivity index (χ0) is 18.7. The van der Waals surface area contributed by atoms with Crippen LogP contribution in [-0.4, -0.2) is 24.1 Å². The standard InChI is InChI=1S/C18H12BrClN2O3S/c1-25-14-7-2-10(8-13(14)19)9-15-17(24)22-18(26-15)21-16(23)11-3-5-12(20)6-4-11/h2-9H,1H3,(H,21,22,23,24)/b15-9-. The number of thioether (sulfide) groups is 1. The van der Waals surface area contributed by atoms with Crippen molar-refractivity contribution in [1.82, 2.24) is 5.32 Å². The molecule has 0 unspecified atom stereocenters. The molecular weight excluding hydrogens is 440 g/mol. The third-order valence-corrected chi connectivity index (χ3v) is 5.20. The van der Waals surface area contributed by atoms with Crippen molar-refractivity contribution >= 4 is 62.4 Å². The number of ether oxygens (including phenoxy) is 1. The number of nitrogens with zero attached hydrogens (tertiary/aromatic N) is 1. The van der Waals surface area contributed by atoms with E-state index in [2.05, 4.69) is 26.2 Å². The second-order valence-corrected chi connectivity index (χ2v) is 7.51. The summed E-state index contributed by atoms with van der Waals surface area (Å²) < 4.78 is 5.97. The summed E-state index contributed by atoms with van der Waals surface area (Å²) in [5.74, 6) is -0.0472. The van der Waals surface area contributed by atoms with Gasteiger partial charge in [-0.3, -0.25) is 9.59 Å². The van der Waals surface area contributed by atoms with Crippen LogP contribution in [0.5, 0.6) is 5.75 Å². The van der Waals surface area contributed by atoms with Gasteiger partial charge in [-0.2, -0.15) is 4.99 Å². The minimum Gasteiger partial charge on any atom is -0.496 e. The Labute approximate surface area is 167 Å². The van der Waals surface area contributed by atoms with Gasteiger partial charge in [0.25, 0.3) is 11.8 Å². The van der Waals surface area contributed by atoms with Crippen LogP contribution in [0.25, 0.3) is 6.08 Å². The molecule has 2 amide bonds. The van der Waals surface area contributed by atoms with Crippen LogP contribution in [0.15, 0.2) is 56.8 Å². The third kappa shape index (κ3) is 4.35. The molecule has 1 heterocycles. The van der Waals surface area contributed by atoms with Crippen molar-refractivity contribution in [1.29, 1.82) is 0 Å². The largest absolute Gasteiger partial charge is 0.496 e. The number of amides is 2. The lowest BCUT2D eigenvalue weighted by molar-refractivity contribution is -0.115. The predicted octanol–water partition coefficient (Wildman–Crippen LogP) is 4.51. The molecule has 1 N–H and O–H groups in total. The first-order valence-electron chi connectivity index (χ1n) is 7.39. The number of halogens is 2. The van der Waals surface area contributed by atoms with Gasteiger partial charge in [-0.15, -0.1) is 0 Å². The van der Waals surface area contributed by atoms with Gasteiger partial charge in [0, 0.05) is 10.6 Å². The number of benzene rings is 2. The van der Waals surface area contributed by atoms with Crippen molar-refractivity contribution in [3.63, 3.8) is 0 Å². The molecule has 2 aromatic rings. The second-order valence-electron chi connectivity index (χ2n) is 5.19. The highest BCUT2D eigenvalue weighted by molar-refractivity contribution is 9.10. The lowest BCUT2D eigenvalue weighted by atomic mass is 10.2. The molecular formula is C18H12BrClN2O3S. The van der Waals surface area contributed by atoms with Crippen LogP contribution in [0.2, 0.25) is 5.02 Å². The van der Waals surface area contributed by atoms with Gasteiger partial charge in [-0.1, -0.05) is 17.7 Å². The fourth-order valence-corrected chi connectivity index (χ4v) is 3.66. The predicted molar refractivity (Wildman–Crippen MR) is 108 cm³/mol. The van der Waals surface area contributed by atoms with Crippen molar-refractivity contribution in [3.8, 4) is 5.75 Å². The summed E-state index contributed by atoms with van der Waals surface area (Å²) in [7, 11) is 1.58. The summed E-state index contributed by atoms with van der Waals surface area (Å²) in [5.41, 5.74) is 1.22. The van der Waals surface area contributed by atoms with Crippen LogP contribution in [0.1, 0.15) is 15.9 Å². The van der Waals surface area contributed by atoms with E-state index in [0.717, 1.165) is 21.8 Å². The van der Waals surface area contributed by atoms with Gasteiger partial charge in [0.1, 0.15) is 5.75 Å². The molecule has 2 aromatic carbocycles. The minimum absolute atomic E-state index is 0.244. The monoisotopic (exact) mass is 450 g/mol. The maximum Gasteiger partial charge on any atom is 0.279 e. The highest BCUT2D eigenvalue weighted by Gasteiger charge is 2.24. The second kappa shape index (κ2) is 8.07. The molecule has 1 saturated heterocycles. The number of hydrogen-bond donors (Lipinski definition) is 1. The van der Waals surface area contributed by atoms with Gasteiger partial charge in [-0.05, 0) is 75.7 Å². The quantitative estimate of drug-likeness (QED) is 0.697. The van der Waals surface area contributed by atoms with E-state index in [4.69, 9.17) is 16.3 Å². The number of rotatable bonds is 3. The van der Waals surface area contributed by atoms with Crippen LogP contribution in [0.3, 0.4) is 0 Å². The number of aliphatic imine (C=N–C) groups is 1. The number of nitrogens with one attached hydrogen (secondary N) is 1. The summed E-state index contributed by atoms with van der Waals surface area (Å²) in [5, 5.41) is 3.38. The Morgan fingerprint density at radius 2 is 2.00 bits per heavy atom. The first kappa shape index (κ1) is 18.7. The highest BCUT2D eigenvalue weighted by Crippen LogP contribution is 2.30. The smallest absolute Gasteiger partial charge is 0.279 e. The van der Waals surface area contributed by atoms with Gasteiger partial charge < -0.3 is 10.1 Å². The maximum atomic E-state index is 12.2. The molecule has 0 atom stereocenters. The van der Waals surface area contributed by atoms with E-state index in [1.807, 2.05) is 12.1 Å². The Balaban J connectivity index is 1.78. The Morgan fingerprint density at radius 3 is 2.65 bits per heavy atom. The normalized spacial score (nSPS) is 16.8. The number of amidine groups is 1. The molecule has 0 bridgehead atoms. The van der Waals surface area contributed by atoms with Crippen LogP contribution >= 0.6 is 39.3 Å². The average molecular weight is 452 g/mol. The molecule has 1 aliphatic heterocycles. The van der Waals surface area contributed by atoms with Crippen LogP contribution in [0.4, 0.5) is 0 Å². The zero-order valence-electron chi connectivity index (χ0n) is 13.5. The topological polar surface area (TPSA) is 67.8 Å². The third-order valence-electron chi connectivity index (χ3n) is 3.42. The Hall–Kier alpha value is -2.09. The van der Waals surface area contributed by atoms with Crippen molar-refractivity contribution < 1.29 is 14.3 Å². The number of hydrogen-bond acceptors (Lipinski definition) is 4. The molecule has 26 heavy (non-hydrogen) atoms. The Morgan fingerprint density at radius 1 is 1.27 bits per heavy atom. The fraction of sp³-hybridized carbons (Fsp3) is 0.0556.